The molecule has 0 aliphatic heterocycles. The number of pyridine rings is 1. The average Bonchev–Trinajstić information content (AvgIpc) is 2.60. The van der Waals surface area contributed by atoms with Gasteiger partial charge in [-0.15, -0.1) is 0 Å². The molecule has 1 aromatic heterocycles. The molecule has 9 heteroatoms. The molecule has 26 heavy (non-hydrogen) atoms. The summed E-state index contributed by atoms with van der Waals surface area (Å²) in [5.41, 5.74) is 1.04. The van der Waals surface area contributed by atoms with Gasteiger partial charge >= 0.3 is 0 Å². The molecule has 1 aromatic carbocycles. The SMILES string of the molecule is CC(=O)O.COc1cccc(Cl)c1CNC(=N)Nc1cccc(C#N)n1. The van der Waals surface area contributed by atoms with E-state index in [0.29, 0.717) is 23.1 Å². The van der Waals surface area contributed by atoms with E-state index < -0.39 is 5.97 Å². The van der Waals surface area contributed by atoms with Crippen molar-refractivity contribution < 1.29 is 14.6 Å². The summed E-state index contributed by atoms with van der Waals surface area (Å²) in [5, 5.41) is 30.3. The molecule has 0 aliphatic carbocycles. The molecule has 0 atom stereocenters. The molecule has 8 nitrogen and oxygen atoms in total. The average molecular weight is 376 g/mol. The number of benzene rings is 1. The first-order valence-corrected chi connectivity index (χ1v) is 7.72. The van der Waals surface area contributed by atoms with Gasteiger partial charge in [0, 0.05) is 24.1 Å². The Kier molecular flexibility index (Phi) is 8.40. The summed E-state index contributed by atoms with van der Waals surface area (Å²) in [6.45, 7) is 1.41. The summed E-state index contributed by atoms with van der Waals surface area (Å²) in [7, 11) is 1.57. The first-order chi connectivity index (χ1) is 12.4. The Balaban J connectivity index is 0.000000765. The fourth-order valence-electron chi connectivity index (χ4n) is 1.82. The van der Waals surface area contributed by atoms with Gasteiger partial charge in [0.05, 0.1) is 7.11 Å². The normalized spacial score (nSPS) is 9.15. The number of hydrogen-bond donors (Lipinski definition) is 4. The van der Waals surface area contributed by atoms with Crippen LogP contribution in [0.2, 0.25) is 5.02 Å². The van der Waals surface area contributed by atoms with Crippen LogP contribution in [0.15, 0.2) is 36.4 Å². The molecule has 0 radical (unpaired) electrons. The van der Waals surface area contributed by atoms with Crippen molar-refractivity contribution in [3.05, 3.63) is 52.7 Å². The largest absolute Gasteiger partial charge is 0.496 e. The van der Waals surface area contributed by atoms with Gasteiger partial charge in [-0.05, 0) is 24.3 Å². The number of carbonyl (C=O) groups is 1. The molecule has 2 rings (SSSR count). The number of guanidine groups is 1. The van der Waals surface area contributed by atoms with Gasteiger partial charge in [0.15, 0.2) is 5.96 Å². The topological polar surface area (TPSA) is 131 Å². The van der Waals surface area contributed by atoms with Crippen LogP contribution in [0.5, 0.6) is 5.75 Å². The third-order valence-electron chi connectivity index (χ3n) is 2.85. The van der Waals surface area contributed by atoms with E-state index in [4.69, 9.17) is 36.9 Å². The summed E-state index contributed by atoms with van der Waals surface area (Å²) < 4.78 is 5.24. The minimum absolute atomic E-state index is 0.0459. The Hall–Kier alpha value is -3.31. The molecule has 4 N–H and O–H groups in total. The number of nitrogens with zero attached hydrogens (tertiary/aromatic N) is 2. The van der Waals surface area contributed by atoms with E-state index in [9.17, 15) is 0 Å². The Morgan fingerprint density at radius 2 is 2.04 bits per heavy atom. The summed E-state index contributed by atoms with van der Waals surface area (Å²) in [4.78, 5) is 13.0. The quantitative estimate of drug-likeness (QED) is 0.477. The second-order valence-electron chi connectivity index (χ2n) is 4.81. The molecule has 0 fully saturated rings. The third kappa shape index (κ3) is 7.07. The summed E-state index contributed by atoms with van der Waals surface area (Å²) >= 11 is 6.13. The van der Waals surface area contributed by atoms with Gasteiger partial charge in [0.1, 0.15) is 23.3 Å². The molecule has 0 saturated heterocycles. The van der Waals surface area contributed by atoms with Crippen LogP contribution in [-0.2, 0) is 11.3 Å². The number of carboxylic acids is 1. The van der Waals surface area contributed by atoms with Gasteiger partial charge in [-0.2, -0.15) is 5.26 Å². The lowest BCUT2D eigenvalue weighted by atomic mass is 10.2. The lowest BCUT2D eigenvalue weighted by molar-refractivity contribution is -0.134. The number of anilines is 1. The van der Waals surface area contributed by atoms with Crippen LogP contribution in [0.4, 0.5) is 5.82 Å². The van der Waals surface area contributed by atoms with Crippen molar-refractivity contribution >= 4 is 29.3 Å². The van der Waals surface area contributed by atoms with Gasteiger partial charge in [-0.1, -0.05) is 23.7 Å². The third-order valence-corrected chi connectivity index (χ3v) is 3.21. The molecular formula is C17H18ClN5O3. The van der Waals surface area contributed by atoms with Gasteiger partial charge in [0.25, 0.3) is 5.97 Å². The highest BCUT2D eigenvalue weighted by Gasteiger charge is 2.08. The minimum Gasteiger partial charge on any atom is -0.496 e. The number of aromatic nitrogens is 1. The predicted octanol–water partition coefficient (Wildman–Crippen LogP) is 2.84. The van der Waals surface area contributed by atoms with Crippen LogP contribution in [0.25, 0.3) is 0 Å². The van der Waals surface area contributed by atoms with E-state index in [2.05, 4.69) is 15.6 Å². The van der Waals surface area contributed by atoms with E-state index in [1.54, 1.807) is 43.5 Å². The number of aliphatic carboxylic acids is 1. The van der Waals surface area contributed by atoms with Crippen LogP contribution in [0.1, 0.15) is 18.2 Å². The number of methoxy groups -OCH3 is 1. The van der Waals surface area contributed by atoms with Crippen molar-refractivity contribution in [3.63, 3.8) is 0 Å². The fraction of sp³-hybridized carbons (Fsp3) is 0.176. The highest BCUT2D eigenvalue weighted by Crippen LogP contribution is 2.25. The lowest BCUT2D eigenvalue weighted by Gasteiger charge is -2.13. The monoisotopic (exact) mass is 375 g/mol. The number of ether oxygens (including phenoxy) is 1. The maximum absolute atomic E-state index is 9.00. The lowest BCUT2D eigenvalue weighted by Crippen LogP contribution is -2.29. The van der Waals surface area contributed by atoms with Crippen molar-refractivity contribution in [2.75, 3.05) is 12.4 Å². The molecule has 0 aliphatic rings. The zero-order chi connectivity index (χ0) is 19.5. The van der Waals surface area contributed by atoms with E-state index in [1.165, 1.54) is 0 Å². The Labute approximate surface area is 155 Å². The number of carboxylic acid groups (broad SMARTS) is 1. The number of nitrogens with one attached hydrogen (secondary N) is 3. The fourth-order valence-corrected chi connectivity index (χ4v) is 2.05. The van der Waals surface area contributed by atoms with Crippen molar-refractivity contribution in [3.8, 4) is 11.8 Å². The molecule has 136 valence electrons. The first kappa shape index (κ1) is 20.7. The molecule has 2 aromatic rings. The van der Waals surface area contributed by atoms with E-state index in [1.807, 2.05) is 6.07 Å². The van der Waals surface area contributed by atoms with Gasteiger partial charge in [-0.3, -0.25) is 10.2 Å². The van der Waals surface area contributed by atoms with Gasteiger partial charge in [0.2, 0.25) is 0 Å². The molecular weight excluding hydrogens is 358 g/mol. The zero-order valence-electron chi connectivity index (χ0n) is 14.2. The molecule has 0 bridgehead atoms. The molecule has 0 unspecified atom stereocenters. The molecule has 0 spiro atoms. The number of rotatable bonds is 4. The van der Waals surface area contributed by atoms with Crippen molar-refractivity contribution in [2.45, 2.75) is 13.5 Å². The number of nitriles is 1. The molecule has 0 amide bonds. The van der Waals surface area contributed by atoms with Crippen molar-refractivity contribution in [1.82, 2.24) is 10.3 Å². The smallest absolute Gasteiger partial charge is 0.300 e. The van der Waals surface area contributed by atoms with Crippen LogP contribution < -0.4 is 15.4 Å². The van der Waals surface area contributed by atoms with Gasteiger partial charge in [-0.25, -0.2) is 4.98 Å². The first-order valence-electron chi connectivity index (χ1n) is 7.35. The Bertz CT molecular complexity index is 816. The second kappa shape index (κ2) is 10.5. The van der Waals surface area contributed by atoms with Gasteiger partial charge < -0.3 is 20.5 Å². The maximum atomic E-state index is 9.00. The van der Waals surface area contributed by atoms with Crippen LogP contribution in [0.3, 0.4) is 0 Å². The van der Waals surface area contributed by atoms with E-state index in [-0.39, 0.29) is 11.7 Å². The predicted molar refractivity (Wildman–Crippen MR) is 98.5 cm³/mol. The number of halogens is 1. The summed E-state index contributed by atoms with van der Waals surface area (Å²) in [6.07, 6.45) is 0. The summed E-state index contributed by atoms with van der Waals surface area (Å²) in [6, 6.07) is 12.3. The maximum Gasteiger partial charge on any atom is 0.300 e. The Morgan fingerprint density at radius 1 is 1.38 bits per heavy atom. The standard InChI is InChI=1S/C15H14ClN5O.C2H4O2/c1-22-13-6-3-5-12(16)11(13)9-19-15(18)21-14-7-2-4-10(8-17)20-14;1-2(3)4/h2-7H,9H2,1H3,(H3,18,19,20,21);1H3,(H,3,4). The highest BCUT2D eigenvalue weighted by molar-refractivity contribution is 6.31. The van der Waals surface area contributed by atoms with Crippen molar-refractivity contribution in [2.24, 2.45) is 0 Å². The Morgan fingerprint density at radius 3 is 2.65 bits per heavy atom. The van der Waals surface area contributed by atoms with Crippen LogP contribution >= 0.6 is 11.6 Å². The highest BCUT2D eigenvalue weighted by atomic mass is 35.5. The molecule has 0 saturated carbocycles. The van der Waals surface area contributed by atoms with Crippen molar-refractivity contribution in [1.29, 1.82) is 10.7 Å². The number of hydrogen-bond acceptors (Lipinski definition) is 5. The second-order valence-corrected chi connectivity index (χ2v) is 5.22. The van der Waals surface area contributed by atoms with Crippen LogP contribution in [0, 0.1) is 16.7 Å². The molecule has 1 heterocycles. The van der Waals surface area contributed by atoms with Crippen LogP contribution in [-0.4, -0.2) is 29.1 Å². The van der Waals surface area contributed by atoms with E-state index >= 15 is 0 Å². The van der Waals surface area contributed by atoms with E-state index in [0.717, 1.165) is 12.5 Å². The zero-order valence-corrected chi connectivity index (χ0v) is 15.0. The summed E-state index contributed by atoms with van der Waals surface area (Å²) in [5.74, 6) is 0.282. The minimum atomic E-state index is -0.833.